The minimum absolute atomic E-state index is 0.0322. The highest BCUT2D eigenvalue weighted by molar-refractivity contribution is 5.93. The van der Waals surface area contributed by atoms with Crippen molar-refractivity contribution < 1.29 is 18.0 Å². The van der Waals surface area contributed by atoms with Gasteiger partial charge in [0.25, 0.3) is 5.91 Å². The molecule has 0 spiro atoms. The van der Waals surface area contributed by atoms with Gasteiger partial charge in [0, 0.05) is 19.3 Å². The predicted molar refractivity (Wildman–Crippen MR) is 62.5 cm³/mol. The SMILES string of the molecule is Cn1cc(C(=O)N[C@H]2CCC[C@H](C(F)(F)F)C2)cn1. The highest BCUT2D eigenvalue weighted by atomic mass is 19.4. The van der Waals surface area contributed by atoms with Crippen LogP contribution in [0.3, 0.4) is 0 Å². The zero-order valence-electron chi connectivity index (χ0n) is 10.6. The minimum Gasteiger partial charge on any atom is -0.349 e. The van der Waals surface area contributed by atoms with Gasteiger partial charge < -0.3 is 5.32 Å². The van der Waals surface area contributed by atoms with Gasteiger partial charge in [-0.15, -0.1) is 0 Å². The number of alkyl halides is 3. The van der Waals surface area contributed by atoms with Gasteiger partial charge in [-0.25, -0.2) is 0 Å². The Balaban J connectivity index is 1.94. The normalized spacial score (nSPS) is 24.2. The third kappa shape index (κ3) is 3.48. The van der Waals surface area contributed by atoms with Crippen molar-refractivity contribution in [2.75, 3.05) is 0 Å². The molecule has 1 heterocycles. The van der Waals surface area contributed by atoms with E-state index in [1.165, 1.54) is 10.9 Å². The molecule has 0 aromatic carbocycles. The average molecular weight is 275 g/mol. The van der Waals surface area contributed by atoms with Crippen molar-refractivity contribution >= 4 is 5.91 Å². The number of amides is 1. The summed E-state index contributed by atoms with van der Waals surface area (Å²) in [5.74, 6) is -1.67. The Kier molecular flexibility index (Phi) is 3.82. The van der Waals surface area contributed by atoms with E-state index in [0.717, 1.165) is 0 Å². The summed E-state index contributed by atoms with van der Waals surface area (Å²) in [6, 6.07) is -0.409. The van der Waals surface area contributed by atoms with Gasteiger partial charge in [-0.3, -0.25) is 9.48 Å². The molecule has 2 atom stereocenters. The fourth-order valence-electron chi connectivity index (χ4n) is 2.43. The standard InChI is InChI=1S/C12H16F3N3O/c1-18-7-8(6-16-18)11(19)17-10-4-2-3-9(5-10)12(13,14)15/h6-7,9-10H,2-5H2,1H3,(H,17,19)/t9-,10-/m0/s1. The highest BCUT2D eigenvalue weighted by Gasteiger charge is 2.42. The number of carbonyl (C=O) groups excluding carboxylic acids is 1. The van der Waals surface area contributed by atoms with Crippen LogP contribution in [0.1, 0.15) is 36.0 Å². The molecule has 1 N–H and O–H groups in total. The van der Waals surface area contributed by atoms with Crippen LogP contribution in [-0.2, 0) is 7.05 Å². The molecule has 4 nitrogen and oxygen atoms in total. The first kappa shape index (κ1) is 13.9. The van der Waals surface area contributed by atoms with Crippen molar-refractivity contribution in [3.63, 3.8) is 0 Å². The van der Waals surface area contributed by atoms with E-state index >= 15 is 0 Å². The number of aryl methyl sites for hydroxylation is 1. The molecule has 0 radical (unpaired) electrons. The van der Waals surface area contributed by atoms with Crippen LogP contribution in [-0.4, -0.2) is 27.9 Å². The topological polar surface area (TPSA) is 46.9 Å². The second kappa shape index (κ2) is 5.22. The molecule has 19 heavy (non-hydrogen) atoms. The molecular weight excluding hydrogens is 259 g/mol. The van der Waals surface area contributed by atoms with E-state index in [2.05, 4.69) is 10.4 Å². The fourth-order valence-corrected chi connectivity index (χ4v) is 2.43. The van der Waals surface area contributed by atoms with Crippen LogP contribution in [0.2, 0.25) is 0 Å². The number of rotatable bonds is 2. The van der Waals surface area contributed by atoms with Crippen LogP contribution in [0, 0.1) is 5.92 Å². The van der Waals surface area contributed by atoms with Gasteiger partial charge in [-0.05, 0) is 19.3 Å². The Labute approximate surface area is 109 Å². The van der Waals surface area contributed by atoms with Gasteiger partial charge in [0.1, 0.15) is 0 Å². The summed E-state index contributed by atoms with van der Waals surface area (Å²) in [7, 11) is 1.68. The lowest BCUT2D eigenvalue weighted by molar-refractivity contribution is -0.183. The molecule has 0 bridgehead atoms. The lowest BCUT2D eigenvalue weighted by Gasteiger charge is -2.30. The first-order valence-electron chi connectivity index (χ1n) is 6.22. The number of hydrogen-bond acceptors (Lipinski definition) is 2. The van der Waals surface area contributed by atoms with Crippen LogP contribution in [0.15, 0.2) is 12.4 Å². The molecule has 0 unspecified atom stereocenters. The quantitative estimate of drug-likeness (QED) is 0.900. The number of nitrogens with one attached hydrogen (secondary N) is 1. The number of hydrogen-bond donors (Lipinski definition) is 1. The summed E-state index contributed by atoms with van der Waals surface area (Å²) >= 11 is 0. The van der Waals surface area contributed by atoms with Gasteiger partial charge >= 0.3 is 6.18 Å². The van der Waals surface area contributed by atoms with Gasteiger partial charge in [0.15, 0.2) is 0 Å². The number of nitrogens with zero attached hydrogens (tertiary/aromatic N) is 2. The average Bonchev–Trinajstić information content (AvgIpc) is 2.75. The third-order valence-electron chi connectivity index (χ3n) is 3.44. The molecule has 1 aliphatic carbocycles. The maximum absolute atomic E-state index is 12.7. The van der Waals surface area contributed by atoms with Gasteiger partial charge in [0.2, 0.25) is 0 Å². The van der Waals surface area contributed by atoms with Gasteiger partial charge in [0.05, 0.1) is 17.7 Å². The molecular formula is C12H16F3N3O. The fraction of sp³-hybridized carbons (Fsp3) is 0.667. The first-order valence-corrected chi connectivity index (χ1v) is 6.22. The van der Waals surface area contributed by atoms with Crippen molar-refractivity contribution in [3.8, 4) is 0 Å². The van der Waals surface area contributed by atoms with Gasteiger partial charge in [-0.1, -0.05) is 6.42 Å². The van der Waals surface area contributed by atoms with Gasteiger partial charge in [-0.2, -0.15) is 18.3 Å². The van der Waals surface area contributed by atoms with Crippen LogP contribution in [0.4, 0.5) is 13.2 Å². The predicted octanol–water partition coefficient (Wildman–Crippen LogP) is 2.27. The molecule has 0 saturated heterocycles. The highest BCUT2D eigenvalue weighted by Crippen LogP contribution is 2.37. The summed E-state index contributed by atoms with van der Waals surface area (Å²) in [6.07, 6.45) is -0.0183. The van der Waals surface area contributed by atoms with Crippen molar-refractivity contribution in [2.24, 2.45) is 13.0 Å². The molecule has 106 valence electrons. The van der Waals surface area contributed by atoms with Crippen LogP contribution >= 0.6 is 0 Å². The maximum Gasteiger partial charge on any atom is 0.391 e. The van der Waals surface area contributed by atoms with Crippen LogP contribution < -0.4 is 5.32 Å². The lowest BCUT2D eigenvalue weighted by atomic mass is 9.85. The van der Waals surface area contributed by atoms with E-state index in [4.69, 9.17) is 0 Å². The van der Waals surface area contributed by atoms with E-state index in [-0.39, 0.29) is 18.7 Å². The van der Waals surface area contributed by atoms with E-state index in [1.54, 1.807) is 13.2 Å². The summed E-state index contributed by atoms with van der Waals surface area (Å²) in [5, 5.41) is 6.52. The zero-order chi connectivity index (χ0) is 14.0. The second-order valence-electron chi connectivity index (χ2n) is 4.98. The molecule has 0 aliphatic heterocycles. The smallest absolute Gasteiger partial charge is 0.349 e. The van der Waals surface area contributed by atoms with E-state index in [1.807, 2.05) is 0 Å². The largest absolute Gasteiger partial charge is 0.391 e. The molecule has 2 rings (SSSR count). The van der Waals surface area contributed by atoms with Crippen molar-refractivity contribution in [1.82, 2.24) is 15.1 Å². The molecule has 1 fully saturated rings. The van der Waals surface area contributed by atoms with Crippen LogP contribution in [0.25, 0.3) is 0 Å². The first-order chi connectivity index (χ1) is 8.86. The van der Waals surface area contributed by atoms with Crippen molar-refractivity contribution in [2.45, 2.75) is 37.9 Å². The van der Waals surface area contributed by atoms with E-state index in [0.29, 0.717) is 18.4 Å². The molecule has 1 saturated carbocycles. The summed E-state index contributed by atoms with van der Waals surface area (Å²) in [4.78, 5) is 11.8. The summed E-state index contributed by atoms with van der Waals surface area (Å²) < 4.78 is 39.4. The third-order valence-corrected chi connectivity index (χ3v) is 3.44. The molecule has 1 aliphatic rings. The van der Waals surface area contributed by atoms with Crippen molar-refractivity contribution in [1.29, 1.82) is 0 Å². The Morgan fingerprint density at radius 2 is 2.21 bits per heavy atom. The number of halogens is 3. The lowest BCUT2D eigenvalue weighted by Crippen LogP contribution is -2.41. The molecule has 1 aromatic rings. The Morgan fingerprint density at radius 1 is 1.47 bits per heavy atom. The van der Waals surface area contributed by atoms with Crippen LogP contribution in [0.5, 0.6) is 0 Å². The minimum atomic E-state index is -4.17. The number of aromatic nitrogens is 2. The maximum atomic E-state index is 12.7. The summed E-state index contributed by atoms with van der Waals surface area (Å²) in [5.41, 5.74) is 0.372. The molecule has 7 heteroatoms. The Morgan fingerprint density at radius 3 is 2.79 bits per heavy atom. The van der Waals surface area contributed by atoms with E-state index < -0.39 is 18.1 Å². The molecule has 1 aromatic heterocycles. The monoisotopic (exact) mass is 275 g/mol. The second-order valence-corrected chi connectivity index (χ2v) is 4.98. The zero-order valence-corrected chi connectivity index (χ0v) is 10.6. The van der Waals surface area contributed by atoms with Crippen molar-refractivity contribution in [3.05, 3.63) is 18.0 Å². The number of carbonyl (C=O) groups is 1. The summed E-state index contributed by atoms with van der Waals surface area (Å²) in [6.45, 7) is 0. The Bertz CT molecular complexity index is 455. The van der Waals surface area contributed by atoms with E-state index in [9.17, 15) is 18.0 Å². The Hall–Kier alpha value is -1.53. The molecule has 1 amide bonds.